The number of hydrogen-bond acceptors (Lipinski definition) is 4. The van der Waals surface area contributed by atoms with Crippen molar-refractivity contribution in [1.82, 2.24) is 9.80 Å². The molecule has 5 heteroatoms. The Kier molecular flexibility index (Phi) is 6.95. The minimum absolute atomic E-state index is 0.0471. The average Bonchev–Trinajstić information content (AvgIpc) is 3.07. The molecular formula is C23H29N3O2. The molecule has 28 heavy (non-hydrogen) atoms. The van der Waals surface area contributed by atoms with Crippen molar-refractivity contribution in [3.63, 3.8) is 0 Å². The second-order valence-corrected chi connectivity index (χ2v) is 7.45. The molecule has 3 atom stereocenters. The molecule has 0 aliphatic carbocycles. The molecule has 1 amide bonds. The number of rotatable bonds is 9. The van der Waals surface area contributed by atoms with Gasteiger partial charge in [0.15, 0.2) is 0 Å². The summed E-state index contributed by atoms with van der Waals surface area (Å²) in [5.41, 5.74) is 2.33. The molecule has 0 fully saturated rings. The minimum atomic E-state index is -0.348. The van der Waals surface area contributed by atoms with Gasteiger partial charge in [0.1, 0.15) is 6.04 Å². The molecule has 0 radical (unpaired) electrons. The van der Waals surface area contributed by atoms with Crippen LogP contribution in [-0.4, -0.2) is 61.9 Å². The molecule has 2 aromatic rings. The van der Waals surface area contributed by atoms with Crippen molar-refractivity contribution in [3.05, 3.63) is 71.8 Å². The van der Waals surface area contributed by atoms with Gasteiger partial charge in [-0.05, 0) is 38.1 Å². The summed E-state index contributed by atoms with van der Waals surface area (Å²) in [6.07, 6.45) is 3.29. The lowest BCUT2D eigenvalue weighted by molar-refractivity contribution is -0.130. The van der Waals surface area contributed by atoms with E-state index in [1.165, 1.54) is 5.56 Å². The molecule has 2 aromatic carbocycles. The van der Waals surface area contributed by atoms with Crippen LogP contribution in [0.1, 0.15) is 23.6 Å². The van der Waals surface area contributed by atoms with E-state index < -0.39 is 0 Å². The van der Waals surface area contributed by atoms with Crippen molar-refractivity contribution < 1.29 is 9.53 Å². The minimum Gasteiger partial charge on any atom is -0.382 e. The zero-order valence-corrected chi connectivity index (χ0v) is 16.9. The first-order chi connectivity index (χ1) is 13.6. The molecule has 0 saturated carbocycles. The van der Waals surface area contributed by atoms with Crippen LogP contribution in [0.2, 0.25) is 0 Å². The Hall–Kier alpha value is -2.50. The largest absolute Gasteiger partial charge is 0.382 e. The Morgan fingerprint density at radius 1 is 1.07 bits per heavy atom. The zero-order valence-electron chi connectivity index (χ0n) is 16.9. The van der Waals surface area contributed by atoms with Crippen LogP contribution < -0.4 is 0 Å². The van der Waals surface area contributed by atoms with E-state index in [0.717, 1.165) is 12.0 Å². The second-order valence-electron chi connectivity index (χ2n) is 7.45. The van der Waals surface area contributed by atoms with E-state index in [4.69, 9.17) is 4.74 Å². The Bertz CT molecular complexity index is 777. The lowest BCUT2D eigenvalue weighted by atomic mass is 9.98. The fraction of sp³-hybridized carbons (Fsp3) is 0.391. The number of nitrogens with zero attached hydrogens (tertiary/aromatic N) is 3. The number of benzene rings is 2. The summed E-state index contributed by atoms with van der Waals surface area (Å²) in [5, 5.41) is 0. The number of likely N-dealkylation sites (N-methyl/N-ethyl adjacent to an activating group) is 1. The molecule has 0 spiro atoms. The second kappa shape index (κ2) is 9.62. The van der Waals surface area contributed by atoms with Crippen LogP contribution in [-0.2, 0) is 16.0 Å². The molecule has 148 valence electrons. The maximum absolute atomic E-state index is 13.1. The van der Waals surface area contributed by atoms with Crippen LogP contribution in [0, 0.1) is 0 Å². The molecular weight excluding hydrogens is 350 g/mol. The van der Waals surface area contributed by atoms with Gasteiger partial charge in [-0.15, -0.1) is 0 Å². The quantitative estimate of drug-likeness (QED) is 0.672. The van der Waals surface area contributed by atoms with Crippen LogP contribution in [0.15, 0.2) is 65.7 Å². The summed E-state index contributed by atoms with van der Waals surface area (Å²) in [5.74, 6) is 0.0471. The normalized spacial score (nSPS) is 18.6. The summed E-state index contributed by atoms with van der Waals surface area (Å²) in [4.78, 5) is 21.6. The van der Waals surface area contributed by atoms with Gasteiger partial charge >= 0.3 is 0 Å². The number of amides is 1. The highest BCUT2D eigenvalue weighted by atomic mass is 16.5. The SMILES string of the molecule is COCC(c1ccccc1)N1C=NC(CC(Cc2ccccc2)N(C)C)C1=O. The number of aliphatic imine (C=N–C) groups is 1. The lowest BCUT2D eigenvalue weighted by Gasteiger charge is -2.28. The van der Waals surface area contributed by atoms with E-state index in [9.17, 15) is 4.79 Å². The lowest BCUT2D eigenvalue weighted by Crippen LogP contribution is -2.40. The molecule has 0 N–H and O–H groups in total. The summed E-state index contributed by atoms with van der Waals surface area (Å²) >= 11 is 0. The van der Waals surface area contributed by atoms with Crippen LogP contribution in [0.5, 0.6) is 0 Å². The van der Waals surface area contributed by atoms with Gasteiger partial charge in [-0.25, -0.2) is 0 Å². The summed E-state index contributed by atoms with van der Waals surface area (Å²) in [6.45, 7) is 0.440. The Morgan fingerprint density at radius 2 is 1.71 bits per heavy atom. The van der Waals surface area contributed by atoms with Crippen LogP contribution >= 0.6 is 0 Å². The number of carbonyl (C=O) groups excluding carboxylic acids is 1. The topological polar surface area (TPSA) is 45.1 Å². The van der Waals surface area contributed by atoms with Crippen molar-refractivity contribution in [3.8, 4) is 0 Å². The van der Waals surface area contributed by atoms with Crippen LogP contribution in [0.3, 0.4) is 0 Å². The Morgan fingerprint density at radius 3 is 2.32 bits per heavy atom. The van der Waals surface area contributed by atoms with Gasteiger partial charge in [-0.3, -0.25) is 14.7 Å². The number of carbonyl (C=O) groups is 1. The highest BCUT2D eigenvalue weighted by molar-refractivity contribution is 5.97. The van der Waals surface area contributed by atoms with Crippen LogP contribution in [0.4, 0.5) is 0 Å². The van der Waals surface area contributed by atoms with Gasteiger partial charge in [-0.2, -0.15) is 0 Å². The molecule has 3 unspecified atom stereocenters. The van der Waals surface area contributed by atoms with Gasteiger partial charge in [0, 0.05) is 13.2 Å². The van der Waals surface area contributed by atoms with Crippen molar-refractivity contribution >= 4 is 12.2 Å². The maximum Gasteiger partial charge on any atom is 0.253 e. The fourth-order valence-corrected chi connectivity index (χ4v) is 3.63. The van der Waals surface area contributed by atoms with Crippen molar-refractivity contribution in [1.29, 1.82) is 0 Å². The van der Waals surface area contributed by atoms with Crippen LogP contribution in [0.25, 0.3) is 0 Å². The van der Waals surface area contributed by atoms with E-state index in [-0.39, 0.29) is 24.0 Å². The molecule has 1 aliphatic rings. The molecule has 5 nitrogen and oxygen atoms in total. The predicted octanol–water partition coefficient (Wildman–Crippen LogP) is 3.18. The first-order valence-electron chi connectivity index (χ1n) is 9.70. The molecule has 1 aliphatic heterocycles. The standard InChI is InChI=1S/C23H29N3O2/c1-25(2)20(14-18-10-6-4-7-11-18)15-21-23(27)26(17-24-21)22(16-28-3)19-12-8-5-9-13-19/h4-13,17,20-22H,14-16H2,1-3H3. The molecule has 0 bridgehead atoms. The maximum atomic E-state index is 13.1. The van der Waals surface area contributed by atoms with Crippen molar-refractivity contribution in [2.24, 2.45) is 4.99 Å². The van der Waals surface area contributed by atoms with Crippen molar-refractivity contribution in [2.45, 2.75) is 31.0 Å². The number of hydrogen-bond donors (Lipinski definition) is 0. The highest BCUT2D eigenvalue weighted by Gasteiger charge is 2.35. The Balaban J connectivity index is 1.70. The third-order valence-corrected chi connectivity index (χ3v) is 5.30. The third-order valence-electron chi connectivity index (χ3n) is 5.30. The highest BCUT2D eigenvalue weighted by Crippen LogP contribution is 2.26. The summed E-state index contributed by atoms with van der Waals surface area (Å²) in [7, 11) is 5.78. The smallest absolute Gasteiger partial charge is 0.253 e. The number of methoxy groups -OCH3 is 1. The molecule has 0 saturated heterocycles. The molecule has 1 heterocycles. The van der Waals surface area contributed by atoms with Gasteiger partial charge < -0.3 is 9.64 Å². The first kappa shape index (κ1) is 20.2. The van der Waals surface area contributed by atoms with Gasteiger partial charge in [0.05, 0.1) is 19.0 Å². The van der Waals surface area contributed by atoms with Gasteiger partial charge in [0.25, 0.3) is 5.91 Å². The molecule has 0 aromatic heterocycles. The Labute approximate surface area is 167 Å². The van der Waals surface area contributed by atoms with E-state index in [0.29, 0.717) is 13.0 Å². The van der Waals surface area contributed by atoms with Gasteiger partial charge in [0.2, 0.25) is 0 Å². The van der Waals surface area contributed by atoms with Gasteiger partial charge in [-0.1, -0.05) is 60.7 Å². The summed E-state index contributed by atoms with van der Waals surface area (Å²) < 4.78 is 5.39. The average molecular weight is 380 g/mol. The first-order valence-corrected chi connectivity index (χ1v) is 9.70. The summed E-state index contributed by atoms with van der Waals surface area (Å²) in [6, 6.07) is 20.1. The van der Waals surface area contributed by atoms with E-state index in [1.54, 1.807) is 18.3 Å². The van der Waals surface area contributed by atoms with E-state index in [1.807, 2.05) is 36.4 Å². The van der Waals surface area contributed by atoms with E-state index >= 15 is 0 Å². The third kappa shape index (κ3) is 4.86. The number of ether oxygens (including phenoxy) is 1. The zero-order chi connectivity index (χ0) is 19.9. The monoisotopic (exact) mass is 379 g/mol. The predicted molar refractivity (Wildman–Crippen MR) is 112 cm³/mol. The van der Waals surface area contributed by atoms with E-state index in [2.05, 4.69) is 48.3 Å². The molecule has 3 rings (SSSR count). The van der Waals surface area contributed by atoms with Crippen molar-refractivity contribution in [2.75, 3.05) is 27.8 Å². The fourth-order valence-electron chi connectivity index (χ4n) is 3.63.